The largest absolute Gasteiger partial charge is 0.457 e. The highest BCUT2D eigenvalue weighted by Gasteiger charge is 2.28. The first-order chi connectivity index (χ1) is 11.6. The van der Waals surface area contributed by atoms with Crippen LogP contribution in [-0.2, 0) is 16.1 Å². The van der Waals surface area contributed by atoms with Gasteiger partial charge in [0.05, 0.1) is 16.1 Å². The van der Waals surface area contributed by atoms with Gasteiger partial charge in [-0.3, -0.25) is 10.1 Å². The fourth-order valence-electron chi connectivity index (χ4n) is 2.75. The van der Waals surface area contributed by atoms with Crippen LogP contribution < -0.4 is 9.47 Å². The molecule has 0 radical (unpaired) electrons. The van der Waals surface area contributed by atoms with Gasteiger partial charge in [0.2, 0.25) is 6.79 Å². The molecular formula is C17H11NO6. The van der Waals surface area contributed by atoms with Gasteiger partial charge in [-0.05, 0) is 29.8 Å². The number of hydrogen-bond acceptors (Lipinski definition) is 6. The number of hydrogen-bond donors (Lipinski definition) is 0. The molecule has 0 saturated heterocycles. The van der Waals surface area contributed by atoms with Crippen molar-refractivity contribution < 1.29 is 23.9 Å². The van der Waals surface area contributed by atoms with Crippen molar-refractivity contribution in [3.05, 3.63) is 63.2 Å². The standard InChI is InChI=1S/C17H11NO6/c19-17-13(5-10-3-1-2-4-14(10)18(20)21)12-7-16-15(23-9-24-16)6-11(12)8-22-17/h1-7H,8-9H2. The second-order valence-corrected chi connectivity index (χ2v) is 5.31. The Bertz CT molecular complexity index is 902. The average Bonchev–Trinajstić information content (AvgIpc) is 3.03. The van der Waals surface area contributed by atoms with Gasteiger partial charge in [0.15, 0.2) is 11.5 Å². The Hall–Kier alpha value is -3.35. The number of para-hydroxylation sites is 1. The number of nitrogens with zero attached hydrogens (tertiary/aromatic N) is 1. The van der Waals surface area contributed by atoms with Crippen molar-refractivity contribution in [2.75, 3.05) is 6.79 Å². The zero-order valence-electron chi connectivity index (χ0n) is 12.4. The molecule has 4 rings (SSSR count). The Morgan fingerprint density at radius 2 is 1.83 bits per heavy atom. The van der Waals surface area contributed by atoms with E-state index in [9.17, 15) is 14.9 Å². The Balaban J connectivity index is 1.88. The molecule has 2 heterocycles. The van der Waals surface area contributed by atoms with Crippen LogP contribution in [0.5, 0.6) is 11.5 Å². The van der Waals surface area contributed by atoms with Gasteiger partial charge in [-0.1, -0.05) is 12.1 Å². The summed E-state index contributed by atoms with van der Waals surface area (Å²) in [6, 6.07) is 9.69. The minimum absolute atomic E-state index is 0.0781. The lowest BCUT2D eigenvalue weighted by Gasteiger charge is -2.19. The van der Waals surface area contributed by atoms with E-state index in [4.69, 9.17) is 14.2 Å². The van der Waals surface area contributed by atoms with Gasteiger partial charge in [-0.15, -0.1) is 0 Å². The SMILES string of the molecule is O=C1OCc2cc3c(cc2C1=Cc1ccccc1[N+](=O)[O-])OCO3. The Morgan fingerprint density at radius 3 is 2.62 bits per heavy atom. The second-order valence-electron chi connectivity index (χ2n) is 5.31. The van der Waals surface area contributed by atoms with Crippen LogP contribution in [0.1, 0.15) is 16.7 Å². The molecule has 7 heteroatoms. The Morgan fingerprint density at radius 1 is 1.08 bits per heavy atom. The molecule has 0 aliphatic carbocycles. The Kier molecular flexibility index (Phi) is 3.19. The maximum Gasteiger partial charge on any atom is 0.339 e. The number of benzene rings is 2. The molecule has 24 heavy (non-hydrogen) atoms. The van der Waals surface area contributed by atoms with Gasteiger partial charge >= 0.3 is 5.97 Å². The highest BCUT2D eigenvalue weighted by atomic mass is 16.7. The zero-order valence-corrected chi connectivity index (χ0v) is 12.4. The second kappa shape index (κ2) is 5.38. The van der Waals surface area contributed by atoms with E-state index in [2.05, 4.69) is 0 Å². The normalized spacial score (nSPS) is 16.7. The van der Waals surface area contributed by atoms with E-state index in [1.54, 1.807) is 30.3 Å². The average molecular weight is 325 g/mol. The molecule has 0 aromatic heterocycles. The molecule has 0 unspecified atom stereocenters. The highest BCUT2D eigenvalue weighted by Crippen LogP contribution is 2.40. The Labute approximate surface area is 136 Å². The number of cyclic esters (lactones) is 1. The first-order valence-electron chi connectivity index (χ1n) is 7.18. The molecule has 2 aliphatic heterocycles. The number of esters is 1. The molecule has 0 fully saturated rings. The minimum Gasteiger partial charge on any atom is -0.457 e. The van der Waals surface area contributed by atoms with Crippen molar-refractivity contribution in [2.45, 2.75) is 6.61 Å². The van der Waals surface area contributed by atoms with Crippen LogP contribution >= 0.6 is 0 Å². The maximum atomic E-state index is 12.2. The van der Waals surface area contributed by atoms with Crippen molar-refractivity contribution in [1.29, 1.82) is 0 Å². The third-order valence-corrected chi connectivity index (χ3v) is 3.90. The molecule has 2 aromatic rings. The third-order valence-electron chi connectivity index (χ3n) is 3.90. The molecule has 7 nitrogen and oxygen atoms in total. The summed E-state index contributed by atoms with van der Waals surface area (Å²) in [5.41, 5.74) is 1.91. The van der Waals surface area contributed by atoms with Crippen LogP contribution in [0.15, 0.2) is 36.4 Å². The van der Waals surface area contributed by atoms with E-state index in [0.29, 0.717) is 22.6 Å². The number of nitro benzene ring substituents is 1. The summed E-state index contributed by atoms with van der Waals surface area (Å²) in [6.45, 7) is 0.245. The van der Waals surface area contributed by atoms with Crippen LogP contribution in [0.25, 0.3) is 11.6 Å². The number of ether oxygens (including phenoxy) is 3. The van der Waals surface area contributed by atoms with Crippen LogP contribution in [0.2, 0.25) is 0 Å². The topological polar surface area (TPSA) is 87.9 Å². The van der Waals surface area contributed by atoms with Gasteiger partial charge in [-0.25, -0.2) is 4.79 Å². The van der Waals surface area contributed by atoms with Gasteiger partial charge < -0.3 is 14.2 Å². The summed E-state index contributed by atoms with van der Waals surface area (Å²) in [7, 11) is 0. The fraction of sp³-hybridized carbons (Fsp3) is 0.118. The molecule has 120 valence electrons. The highest BCUT2D eigenvalue weighted by molar-refractivity contribution is 6.23. The first kappa shape index (κ1) is 14.3. The van der Waals surface area contributed by atoms with E-state index < -0.39 is 10.9 Å². The predicted octanol–water partition coefficient (Wildman–Crippen LogP) is 2.92. The van der Waals surface area contributed by atoms with E-state index in [1.807, 2.05) is 0 Å². The van der Waals surface area contributed by atoms with Gasteiger partial charge in [0, 0.05) is 11.6 Å². The maximum absolute atomic E-state index is 12.2. The van der Waals surface area contributed by atoms with E-state index >= 15 is 0 Å². The number of carbonyl (C=O) groups is 1. The molecule has 0 saturated carbocycles. The molecular weight excluding hydrogens is 314 g/mol. The van der Waals surface area contributed by atoms with Crippen LogP contribution in [0.4, 0.5) is 5.69 Å². The number of carbonyl (C=O) groups excluding carboxylic acids is 1. The quantitative estimate of drug-likeness (QED) is 0.365. The van der Waals surface area contributed by atoms with E-state index in [0.717, 1.165) is 5.56 Å². The van der Waals surface area contributed by atoms with Crippen LogP contribution in [-0.4, -0.2) is 17.7 Å². The van der Waals surface area contributed by atoms with Crippen molar-refractivity contribution in [3.8, 4) is 11.5 Å². The summed E-state index contributed by atoms with van der Waals surface area (Å²) in [6.07, 6.45) is 1.47. The van der Waals surface area contributed by atoms with Crippen molar-refractivity contribution in [1.82, 2.24) is 0 Å². The monoisotopic (exact) mass is 325 g/mol. The smallest absolute Gasteiger partial charge is 0.339 e. The first-order valence-corrected chi connectivity index (χ1v) is 7.18. The molecule has 2 aliphatic rings. The summed E-state index contributed by atoms with van der Waals surface area (Å²) in [5, 5.41) is 11.2. The number of nitro groups is 1. The lowest BCUT2D eigenvalue weighted by molar-refractivity contribution is -0.385. The molecule has 0 amide bonds. The lowest BCUT2D eigenvalue weighted by Crippen LogP contribution is -2.15. The zero-order chi connectivity index (χ0) is 16.7. The number of fused-ring (bicyclic) bond motifs is 2. The third kappa shape index (κ3) is 2.26. The molecule has 0 atom stereocenters. The van der Waals surface area contributed by atoms with Gasteiger partial charge in [-0.2, -0.15) is 0 Å². The van der Waals surface area contributed by atoms with E-state index in [-0.39, 0.29) is 24.7 Å². The summed E-state index contributed by atoms with van der Waals surface area (Å²) < 4.78 is 15.9. The van der Waals surface area contributed by atoms with Crippen LogP contribution in [0.3, 0.4) is 0 Å². The molecule has 0 N–H and O–H groups in total. The van der Waals surface area contributed by atoms with Crippen molar-refractivity contribution in [3.63, 3.8) is 0 Å². The van der Waals surface area contributed by atoms with Crippen molar-refractivity contribution >= 4 is 23.3 Å². The minimum atomic E-state index is -0.528. The molecule has 0 spiro atoms. The lowest BCUT2D eigenvalue weighted by atomic mass is 9.95. The number of rotatable bonds is 2. The molecule has 0 bridgehead atoms. The van der Waals surface area contributed by atoms with Crippen LogP contribution in [0, 0.1) is 10.1 Å². The van der Waals surface area contributed by atoms with Gasteiger partial charge in [0.1, 0.15) is 6.61 Å². The van der Waals surface area contributed by atoms with E-state index in [1.165, 1.54) is 12.1 Å². The summed E-state index contributed by atoms with van der Waals surface area (Å²) >= 11 is 0. The molecule has 2 aromatic carbocycles. The predicted molar refractivity (Wildman–Crippen MR) is 83.3 cm³/mol. The summed E-state index contributed by atoms with van der Waals surface area (Å²) in [4.78, 5) is 22.9. The van der Waals surface area contributed by atoms with Crippen molar-refractivity contribution in [2.24, 2.45) is 0 Å². The van der Waals surface area contributed by atoms with Gasteiger partial charge in [0.25, 0.3) is 5.69 Å². The fourth-order valence-corrected chi connectivity index (χ4v) is 2.75. The summed E-state index contributed by atoms with van der Waals surface area (Å²) in [5.74, 6) is 0.605.